The minimum Gasteiger partial charge on any atom is -0.353 e. The molecule has 2 rings (SSSR count). The van der Waals surface area contributed by atoms with E-state index in [0.717, 1.165) is 32.0 Å². The molecule has 1 aliphatic rings. The van der Waals surface area contributed by atoms with Gasteiger partial charge in [0.25, 0.3) is 0 Å². The first kappa shape index (κ1) is 18.7. The van der Waals surface area contributed by atoms with Crippen LogP contribution in [0.5, 0.6) is 0 Å². The molecular weight excluding hydrogens is 319 g/mol. The van der Waals surface area contributed by atoms with Crippen molar-refractivity contribution in [3.8, 4) is 0 Å². The number of hydrogen-bond acceptors (Lipinski definition) is 3. The molecule has 1 aromatic rings. The van der Waals surface area contributed by atoms with Crippen molar-refractivity contribution in [1.29, 1.82) is 0 Å². The average molecular weight is 343 g/mol. The van der Waals surface area contributed by atoms with Crippen LogP contribution in [0.25, 0.3) is 0 Å². The number of nitrogens with zero attached hydrogens (tertiary/aromatic N) is 1. The lowest BCUT2D eigenvalue weighted by Gasteiger charge is -2.33. The lowest BCUT2D eigenvalue weighted by Crippen LogP contribution is -2.46. The van der Waals surface area contributed by atoms with E-state index in [2.05, 4.69) is 10.2 Å². The standard InChI is InChI=1S/C17H24F3N3O/c1-12(10-21)16(24)22-15-5-7-23(8-6-15)11-13-3-2-4-14(9-13)17(18,19)20/h2-4,9,12,15H,5-8,10-11,21H2,1H3,(H,22,24). The highest BCUT2D eigenvalue weighted by Crippen LogP contribution is 2.30. The molecule has 0 aliphatic carbocycles. The predicted octanol–water partition coefficient (Wildman–Crippen LogP) is 2.38. The summed E-state index contributed by atoms with van der Waals surface area (Å²) in [5, 5.41) is 2.99. The van der Waals surface area contributed by atoms with Gasteiger partial charge in [0, 0.05) is 38.1 Å². The van der Waals surface area contributed by atoms with Gasteiger partial charge in [0.1, 0.15) is 0 Å². The first-order chi connectivity index (χ1) is 11.3. The van der Waals surface area contributed by atoms with Crippen LogP contribution < -0.4 is 11.1 Å². The van der Waals surface area contributed by atoms with Crippen LogP contribution in [0.4, 0.5) is 13.2 Å². The zero-order valence-corrected chi connectivity index (χ0v) is 13.8. The van der Waals surface area contributed by atoms with Gasteiger partial charge in [-0.2, -0.15) is 13.2 Å². The van der Waals surface area contributed by atoms with E-state index in [1.165, 1.54) is 12.1 Å². The van der Waals surface area contributed by atoms with Gasteiger partial charge in [-0.05, 0) is 24.5 Å². The molecular formula is C17H24F3N3O. The summed E-state index contributed by atoms with van der Waals surface area (Å²) in [5.74, 6) is -0.234. The molecule has 1 heterocycles. The largest absolute Gasteiger partial charge is 0.416 e. The van der Waals surface area contributed by atoms with Crippen LogP contribution >= 0.6 is 0 Å². The van der Waals surface area contributed by atoms with Crippen LogP contribution in [0.15, 0.2) is 24.3 Å². The van der Waals surface area contributed by atoms with Crippen molar-refractivity contribution in [3.63, 3.8) is 0 Å². The van der Waals surface area contributed by atoms with E-state index in [1.807, 2.05) is 0 Å². The number of carbonyl (C=O) groups is 1. The second-order valence-corrected chi connectivity index (χ2v) is 6.39. The van der Waals surface area contributed by atoms with Gasteiger partial charge >= 0.3 is 6.18 Å². The van der Waals surface area contributed by atoms with Gasteiger partial charge in [-0.1, -0.05) is 25.1 Å². The Hall–Kier alpha value is -1.60. The first-order valence-corrected chi connectivity index (χ1v) is 8.18. The fourth-order valence-corrected chi connectivity index (χ4v) is 2.79. The Bertz CT molecular complexity index is 554. The van der Waals surface area contributed by atoms with Crippen LogP contribution in [0, 0.1) is 5.92 Å². The third kappa shape index (κ3) is 5.21. The van der Waals surface area contributed by atoms with Gasteiger partial charge in [0.15, 0.2) is 0 Å². The highest BCUT2D eigenvalue weighted by Gasteiger charge is 2.30. The summed E-state index contributed by atoms with van der Waals surface area (Å²) >= 11 is 0. The number of amides is 1. The molecule has 1 fully saturated rings. The van der Waals surface area contributed by atoms with Crippen LogP contribution in [0.1, 0.15) is 30.9 Å². The summed E-state index contributed by atoms with van der Waals surface area (Å²) < 4.78 is 38.3. The summed E-state index contributed by atoms with van der Waals surface area (Å²) in [6.07, 6.45) is -2.73. The molecule has 0 saturated carbocycles. The van der Waals surface area contributed by atoms with Crippen molar-refractivity contribution < 1.29 is 18.0 Å². The van der Waals surface area contributed by atoms with Gasteiger partial charge in [-0.3, -0.25) is 9.69 Å². The van der Waals surface area contributed by atoms with Gasteiger partial charge in [-0.25, -0.2) is 0 Å². The number of alkyl halides is 3. The molecule has 7 heteroatoms. The third-order valence-corrected chi connectivity index (χ3v) is 4.40. The number of halogens is 3. The van der Waals surface area contributed by atoms with Gasteiger partial charge in [0.05, 0.1) is 5.56 Å². The highest BCUT2D eigenvalue weighted by molar-refractivity contribution is 5.78. The van der Waals surface area contributed by atoms with E-state index in [0.29, 0.717) is 18.7 Å². The second-order valence-electron chi connectivity index (χ2n) is 6.39. The maximum atomic E-state index is 12.8. The Morgan fingerprint density at radius 3 is 2.62 bits per heavy atom. The van der Waals surface area contributed by atoms with Crippen LogP contribution in [0.3, 0.4) is 0 Å². The summed E-state index contributed by atoms with van der Waals surface area (Å²) in [6, 6.07) is 5.57. The number of nitrogens with one attached hydrogen (secondary N) is 1. The van der Waals surface area contributed by atoms with E-state index in [-0.39, 0.29) is 17.9 Å². The van der Waals surface area contributed by atoms with Crippen molar-refractivity contribution in [2.24, 2.45) is 11.7 Å². The molecule has 1 amide bonds. The molecule has 134 valence electrons. The molecule has 1 aliphatic heterocycles. The second kappa shape index (κ2) is 7.98. The Morgan fingerprint density at radius 2 is 2.04 bits per heavy atom. The van der Waals surface area contributed by atoms with E-state index in [9.17, 15) is 18.0 Å². The van der Waals surface area contributed by atoms with E-state index < -0.39 is 11.7 Å². The van der Waals surface area contributed by atoms with E-state index in [4.69, 9.17) is 5.73 Å². The SMILES string of the molecule is CC(CN)C(=O)NC1CCN(Cc2cccc(C(F)(F)F)c2)CC1. The topological polar surface area (TPSA) is 58.4 Å². The van der Waals surface area contributed by atoms with Crippen molar-refractivity contribution in [1.82, 2.24) is 10.2 Å². The maximum Gasteiger partial charge on any atom is 0.416 e. The zero-order chi connectivity index (χ0) is 17.7. The molecule has 0 spiro atoms. The Labute approximate surface area is 140 Å². The molecule has 4 nitrogen and oxygen atoms in total. The first-order valence-electron chi connectivity index (χ1n) is 8.18. The quantitative estimate of drug-likeness (QED) is 0.863. The molecule has 1 aromatic carbocycles. The van der Waals surface area contributed by atoms with E-state index in [1.54, 1.807) is 13.0 Å². The van der Waals surface area contributed by atoms with Gasteiger partial charge in [0.2, 0.25) is 5.91 Å². The summed E-state index contributed by atoms with van der Waals surface area (Å²) in [5.41, 5.74) is 5.52. The molecule has 0 aromatic heterocycles. The molecule has 0 bridgehead atoms. The summed E-state index contributed by atoms with van der Waals surface area (Å²) in [7, 11) is 0. The van der Waals surface area contributed by atoms with Crippen molar-refractivity contribution in [3.05, 3.63) is 35.4 Å². The van der Waals surface area contributed by atoms with Crippen molar-refractivity contribution >= 4 is 5.91 Å². The Morgan fingerprint density at radius 1 is 1.38 bits per heavy atom. The molecule has 1 unspecified atom stereocenters. The monoisotopic (exact) mass is 343 g/mol. The number of nitrogens with two attached hydrogens (primary N) is 1. The fraction of sp³-hybridized carbons (Fsp3) is 0.588. The molecule has 1 atom stereocenters. The van der Waals surface area contributed by atoms with E-state index >= 15 is 0 Å². The number of benzene rings is 1. The number of likely N-dealkylation sites (tertiary alicyclic amines) is 1. The van der Waals surface area contributed by atoms with Crippen LogP contribution in [0.2, 0.25) is 0 Å². The number of rotatable bonds is 5. The van der Waals surface area contributed by atoms with Crippen molar-refractivity contribution in [2.75, 3.05) is 19.6 Å². The minimum atomic E-state index is -4.31. The highest BCUT2D eigenvalue weighted by atomic mass is 19.4. The van der Waals surface area contributed by atoms with Crippen LogP contribution in [-0.2, 0) is 17.5 Å². The lowest BCUT2D eigenvalue weighted by atomic mass is 10.0. The van der Waals surface area contributed by atoms with Gasteiger partial charge < -0.3 is 11.1 Å². The normalized spacial score (nSPS) is 18.4. The summed E-state index contributed by atoms with van der Waals surface area (Å²) in [4.78, 5) is 14.0. The average Bonchev–Trinajstić information content (AvgIpc) is 2.55. The number of piperidine rings is 1. The smallest absolute Gasteiger partial charge is 0.353 e. The van der Waals surface area contributed by atoms with Crippen LogP contribution in [-0.4, -0.2) is 36.5 Å². The molecule has 0 radical (unpaired) electrons. The molecule has 24 heavy (non-hydrogen) atoms. The zero-order valence-electron chi connectivity index (χ0n) is 13.8. The predicted molar refractivity (Wildman–Crippen MR) is 86.1 cm³/mol. The molecule has 3 N–H and O–H groups in total. The molecule has 1 saturated heterocycles. The Kier molecular flexibility index (Phi) is 6.23. The number of hydrogen-bond donors (Lipinski definition) is 2. The Balaban J connectivity index is 1.84. The number of carbonyl (C=O) groups excluding carboxylic acids is 1. The third-order valence-electron chi connectivity index (χ3n) is 4.40. The fourth-order valence-electron chi connectivity index (χ4n) is 2.79. The van der Waals surface area contributed by atoms with Gasteiger partial charge in [-0.15, -0.1) is 0 Å². The minimum absolute atomic E-state index is 0.0335. The van der Waals surface area contributed by atoms with Crippen molar-refractivity contribution in [2.45, 2.75) is 38.5 Å². The lowest BCUT2D eigenvalue weighted by molar-refractivity contribution is -0.137. The maximum absolute atomic E-state index is 12.8. The summed E-state index contributed by atoms with van der Waals surface area (Å²) in [6.45, 7) is 4.10.